The summed E-state index contributed by atoms with van der Waals surface area (Å²) in [5.41, 5.74) is 3.45. The summed E-state index contributed by atoms with van der Waals surface area (Å²) in [5, 5.41) is 50.7. The van der Waals surface area contributed by atoms with Crippen molar-refractivity contribution < 1.29 is 35.1 Å². The molecule has 8 nitrogen and oxygen atoms in total. The second-order valence-corrected chi connectivity index (χ2v) is 10.4. The van der Waals surface area contributed by atoms with E-state index in [0.29, 0.717) is 12.8 Å². The van der Waals surface area contributed by atoms with E-state index in [1.54, 1.807) is 4.90 Å². The Bertz CT molecular complexity index is 1220. The molecule has 0 saturated carbocycles. The van der Waals surface area contributed by atoms with Crippen LogP contribution in [0.25, 0.3) is 0 Å². The Kier molecular flexibility index (Phi) is 8.42. The van der Waals surface area contributed by atoms with Gasteiger partial charge in [0.25, 0.3) is 0 Å². The number of amides is 1. The van der Waals surface area contributed by atoms with Crippen LogP contribution in [0.1, 0.15) is 41.7 Å². The number of carbonyl (C=O) groups is 1. The van der Waals surface area contributed by atoms with Crippen molar-refractivity contribution in [3.05, 3.63) is 102 Å². The van der Waals surface area contributed by atoms with Crippen molar-refractivity contribution in [1.29, 1.82) is 0 Å². The highest BCUT2D eigenvalue weighted by atomic mass is 16.5. The number of hydrogen-bond donors (Lipinski definition) is 5. The topological polar surface area (TPSA) is 131 Å². The van der Waals surface area contributed by atoms with Gasteiger partial charge in [-0.05, 0) is 41.7 Å². The number of aliphatic hydroxyl groups is 5. The average molecular weight is 534 g/mol. The van der Waals surface area contributed by atoms with Gasteiger partial charge in [0.15, 0.2) is 0 Å². The number of hydrogen-bond acceptors (Lipinski definition) is 7. The number of rotatable bonds is 9. The largest absolute Gasteiger partial charge is 0.394 e. The Morgan fingerprint density at radius 1 is 0.795 bits per heavy atom. The van der Waals surface area contributed by atoms with Gasteiger partial charge in [0.2, 0.25) is 5.91 Å². The average Bonchev–Trinajstić information content (AvgIpc) is 2.97. The van der Waals surface area contributed by atoms with Crippen LogP contribution in [0.5, 0.6) is 0 Å². The molecule has 3 aromatic carbocycles. The summed E-state index contributed by atoms with van der Waals surface area (Å²) in [4.78, 5) is 15.1. The minimum Gasteiger partial charge on any atom is -0.394 e. The fourth-order valence-corrected chi connectivity index (χ4v) is 5.70. The van der Waals surface area contributed by atoms with E-state index in [2.05, 4.69) is 0 Å². The standard InChI is InChI=1S/C31H35NO7/c33-18-26-29(36)30(37)28(35)25(39-26)17-19-11-13-21(14-12-19)27-23(15-16-24(34)20-7-3-1-4-8-20)31(38)32(27)22-9-5-2-6-10-22/h1-14,23-30,33-37H,15-18H2. The van der Waals surface area contributed by atoms with Crippen LogP contribution in [0.3, 0.4) is 0 Å². The number of para-hydroxylation sites is 1. The quantitative estimate of drug-likeness (QED) is 0.267. The van der Waals surface area contributed by atoms with Crippen LogP contribution in [0.4, 0.5) is 5.69 Å². The minimum atomic E-state index is -1.41. The Labute approximate surface area is 227 Å². The predicted molar refractivity (Wildman–Crippen MR) is 145 cm³/mol. The van der Waals surface area contributed by atoms with E-state index in [-0.39, 0.29) is 24.3 Å². The molecule has 0 radical (unpaired) electrons. The van der Waals surface area contributed by atoms with Crippen LogP contribution in [0.15, 0.2) is 84.9 Å². The summed E-state index contributed by atoms with van der Waals surface area (Å²) in [6.07, 6.45) is -5.18. The Morgan fingerprint density at radius 3 is 2.05 bits per heavy atom. The van der Waals surface area contributed by atoms with Crippen molar-refractivity contribution in [3.63, 3.8) is 0 Å². The van der Waals surface area contributed by atoms with Gasteiger partial charge in [-0.3, -0.25) is 4.79 Å². The van der Waals surface area contributed by atoms with E-state index in [1.165, 1.54) is 0 Å². The first-order valence-electron chi connectivity index (χ1n) is 13.4. The van der Waals surface area contributed by atoms with Crippen molar-refractivity contribution in [3.8, 4) is 0 Å². The fraction of sp³-hybridized carbons (Fsp3) is 0.387. The maximum absolute atomic E-state index is 13.3. The molecule has 3 aromatic rings. The number of β-lactam (4-membered cyclic amide) rings is 1. The smallest absolute Gasteiger partial charge is 0.233 e. The van der Waals surface area contributed by atoms with E-state index >= 15 is 0 Å². The molecular weight excluding hydrogens is 498 g/mol. The second kappa shape index (κ2) is 12.0. The molecule has 8 atom stereocenters. The van der Waals surface area contributed by atoms with Gasteiger partial charge in [0.05, 0.1) is 30.8 Å². The Hall–Kier alpha value is -3.11. The number of carbonyl (C=O) groups excluding carboxylic acids is 1. The van der Waals surface area contributed by atoms with E-state index in [0.717, 1.165) is 22.4 Å². The van der Waals surface area contributed by atoms with Gasteiger partial charge in [-0.15, -0.1) is 0 Å². The molecule has 39 heavy (non-hydrogen) atoms. The highest BCUT2D eigenvalue weighted by Crippen LogP contribution is 2.46. The summed E-state index contributed by atoms with van der Waals surface area (Å²) in [7, 11) is 0. The van der Waals surface area contributed by atoms with Gasteiger partial charge in [-0.2, -0.15) is 0 Å². The lowest BCUT2D eigenvalue weighted by Crippen LogP contribution is -2.59. The molecule has 5 rings (SSSR count). The van der Waals surface area contributed by atoms with Gasteiger partial charge in [-0.25, -0.2) is 0 Å². The summed E-state index contributed by atoms with van der Waals surface area (Å²) in [6.45, 7) is -0.466. The number of ether oxygens (including phenoxy) is 1. The zero-order valence-corrected chi connectivity index (χ0v) is 21.5. The van der Waals surface area contributed by atoms with Crippen LogP contribution >= 0.6 is 0 Å². The molecule has 206 valence electrons. The van der Waals surface area contributed by atoms with E-state index in [4.69, 9.17) is 4.74 Å². The molecule has 1 amide bonds. The lowest BCUT2D eigenvalue weighted by atomic mass is 9.78. The van der Waals surface area contributed by atoms with Crippen molar-refractivity contribution in [2.24, 2.45) is 5.92 Å². The van der Waals surface area contributed by atoms with Crippen LogP contribution < -0.4 is 4.90 Å². The molecule has 8 unspecified atom stereocenters. The van der Waals surface area contributed by atoms with Crippen molar-refractivity contribution in [2.45, 2.75) is 61.9 Å². The molecule has 0 aromatic heterocycles. The Morgan fingerprint density at radius 2 is 1.41 bits per heavy atom. The summed E-state index contributed by atoms with van der Waals surface area (Å²) >= 11 is 0. The van der Waals surface area contributed by atoms with Crippen molar-refractivity contribution >= 4 is 11.6 Å². The van der Waals surface area contributed by atoms with Crippen molar-refractivity contribution in [1.82, 2.24) is 0 Å². The molecule has 8 heteroatoms. The summed E-state index contributed by atoms with van der Waals surface area (Å²) < 4.78 is 5.65. The highest BCUT2D eigenvalue weighted by molar-refractivity contribution is 6.03. The van der Waals surface area contributed by atoms with Gasteiger partial charge in [0.1, 0.15) is 24.4 Å². The highest BCUT2D eigenvalue weighted by Gasteiger charge is 2.48. The third kappa shape index (κ3) is 5.63. The predicted octanol–water partition coefficient (Wildman–Crippen LogP) is 2.29. The molecule has 0 bridgehead atoms. The van der Waals surface area contributed by atoms with Gasteiger partial charge in [0, 0.05) is 12.1 Å². The van der Waals surface area contributed by atoms with E-state index in [9.17, 15) is 30.3 Å². The maximum Gasteiger partial charge on any atom is 0.233 e. The number of anilines is 1. The lowest BCUT2D eigenvalue weighted by Gasteiger charge is -2.48. The van der Waals surface area contributed by atoms with Gasteiger partial charge in [-0.1, -0.05) is 72.8 Å². The first-order chi connectivity index (χ1) is 18.9. The van der Waals surface area contributed by atoms with Crippen LogP contribution in [-0.4, -0.2) is 68.6 Å². The molecule has 0 aliphatic carbocycles. The third-order valence-corrected chi connectivity index (χ3v) is 7.93. The summed E-state index contributed by atoms with van der Waals surface area (Å²) in [5.74, 6) is -0.253. The van der Waals surface area contributed by atoms with Crippen LogP contribution in [0.2, 0.25) is 0 Å². The number of aliphatic hydroxyl groups excluding tert-OH is 5. The van der Waals surface area contributed by atoms with E-state index < -0.39 is 43.2 Å². The molecule has 2 fully saturated rings. The molecule has 2 saturated heterocycles. The lowest BCUT2D eigenvalue weighted by molar-refractivity contribution is -0.228. The first-order valence-corrected chi connectivity index (χ1v) is 13.4. The fourth-order valence-electron chi connectivity index (χ4n) is 5.70. The second-order valence-electron chi connectivity index (χ2n) is 10.4. The SMILES string of the molecule is O=C1C(CCC(O)c2ccccc2)C(c2ccc(CC3OC(CO)C(O)C(O)C3O)cc2)N1c1ccccc1. The van der Waals surface area contributed by atoms with Gasteiger partial charge >= 0.3 is 0 Å². The summed E-state index contributed by atoms with van der Waals surface area (Å²) in [6, 6.07) is 26.5. The maximum atomic E-state index is 13.3. The zero-order chi connectivity index (χ0) is 27.5. The molecule has 2 aliphatic heterocycles. The third-order valence-electron chi connectivity index (χ3n) is 7.93. The monoisotopic (exact) mass is 533 g/mol. The minimum absolute atomic E-state index is 0.0249. The van der Waals surface area contributed by atoms with E-state index in [1.807, 2.05) is 84.9 Å². The number of nitrogens with zero attached hydrogens (tertiary/aromatic N) is 1. The van der Waals surface area contributed by atoms with Gasteiger partial charge < -0.3 is 35.2 Å². The Balaban J connectivity index is 1.32. The number of benzene rings is 3. The zero-order valence-electron chi connectivity index (χ0n) is 21.5. The van der Waals surface area contributed by atoms with Crippen molar-refractivity contribution in [2.75, 3.05) is 11.5 Å². The molecule has 2 aliphatic rings. The molecular formula is C31H35NO7. The van der Waals surface area contributed by atoms with Crippen LogP contribution in [-0.2, 0) is 16.0 Å². The molecule has 2 heterocycles. The normalized spacial score (nSPS) is 29.6. The molecule has 0 spiro atoms. The first kappa shape index (κ1) is 27.5. The van der Waals surface area contributed by atoms with Crippen LogP contribution in [0, 0.1) is 5.92 Å². The molecule has 5 N–H and O–H groups in total.